The Bertz CT molecular complexity index is 1140. The molecular formula is C22H20FN3O6S. The van der Waals surface area contributed by atoms with Crippen LogP contribution in [0, 0.1) is 5.82 Å². The van der Waals surface area contributed by atoms with Gasteiger partial charge in [0, 0.05) is 5.69 Å². The van der Waals surface area contributed by atoms with E-state index >= 15 is 0 Å². The Morgan fingerprint density at radius 2 is 1.94 bits per heavy atom. The van der Waals surface area contributed by atoms with E-state index in [-0.39, 0.29) is 17.2 Å². The maximum absolute atomic E-state index is 13.3. The molecule has 4 amide bonds. The van der Waals surface area contributed by atoms with Crippen molar-refractivity contribution in [2.24, 2.45) is 5.73 Å². The van der Waals surface area contributed by atoms with Crippen LogP contribution in [-0.2, 0) is 14.4 Å². The third-order valence-electron chi connectivity index (χ3n) is 4.22. The molecular weight excluding hydrogens is 453 g/mol. The summed E-state index contributed by atoms with van der Waals surface area (Å²) in [5.41, 5.74) is 5.85. The molecule has 0 unspecified atom stereocenters. The molecule has 2 aromatic carbocycles. The second kappa shape index (κ2) is 10.6. The number of rotatable bonds is 9. The Kier molecular flexibility index (Phi) is 7.67. The number of hydrogen-bond acceptors (Lipinski definition) is 7. The molecule has 9 nitrogen and oxygen atoms in total. The van der Waals surface area contributed by atoms with Gasteiger partial charge in [0.25, 0.3) is 17.1 Å². The van der Waals surface area contributed by atoms with Gasteiger partial charge in [0.1, 0.15) is 12.4 Å². The first-order chi connectivity index (χ1) is 15.8. The van der Waals surface area contributed by atoms with Gasteiger partial charge in [-0.25, -0.2) is 4.39 Å². The molecule has 0 atom stereocenters. The molecule has 33 heavy (non-hydrogen) atoms. The summed E-state index contributed by atoms with van der Waals surface area (Å²) in [6.07, 6.45) is 1.48. The Morgan fingerprint density at radius 1 is 1.15 bits per heavy atom. The van der Waals surface area contributed by atoms with Gasteiger partial charge in [-0.2, -0.15) is 0 Å². The van der Waals surface area contributed by atoms with Crippen LogP contribution in [0.15, 0.2) is 47.4 Å². The van der Waals surface area contributed by atoms with Crippen molar-refractivity contribution in [2.45, 2.75) is 6.92 Å². The van der Waals surface area contributed by atoms with Crippen molar-refractivity contribution >= 4 is 46.5 Å². The monoisotopic (exact) mass is 473 g/mol. The summed E-state index contributed by atoms with van der Waals surface area (Å²) in [5.74, 6) is -1.81. The number of carbonyl (C=O) groups is 4. The number of nitrogens with zero attached hydrogens (tertiary/aromatic N) is 1. The number of imide groups is 1. The number of nitrogens with two attached hydrogens (primary N) is 1. The number of primary amides is 1. The number of halogens is 1. The highest BCUT2D eigenvalue weighted by molar-refractivity contribution is 8.18. The number of thioether (sulfide) groups is 1. The number of nitrogens with one attached hydrogen (secondary N) is 1. The molecule has 0 aromatic heterocycles. The van der Waals surface area contributed by atoms with E-state index in [0.29, 0.717) is 35.4 Å². The second-order valence-corrected chi connectivity index (χ2v) is 7.71. The third-order valence-corrected chi connectivity index (χ3v) is 5.13. The summed E-state index contributed by atoms with van der Waals surface area (Å²) in [7, 11) is 0. The zero-order chi connectivity index (χ0) is 24.0. The van der Waals surface area contributed by atoms with Crippen LogP contribution in [0.25, 0.3) is 6.08 Å². The molecule has 2 aromatic rings. The summed E-state index contributed by atoms with van der Waals surface area (Å²) < 4.78 is 24.1. The van der Waals surface area contributed by atoms with E-state index in [1.54, 1.807) is 25.1 Å². The van der Waals surface area contributed by atoms with Crippen LogP contribution < -0.4 is 20.5 Å². The lowest BCUT2D eigenvalue weighted by Crippen LogP contribution is -2.36. The molecule has 3 N–H and O–H groups in total. The van der Waals surface area contributed by atoms with Gasteiger partial charge >= 0.3 is 0 Å². The lowest BCUT2D eigenvalue weighted by Gasteiger charge is -2.12. The summed E-state index contributed by atoms with van der Waals surface area (Å²) in [6, 6.07) is 10.0. The number of anilines is 1. The van der Waals surface area contributed by atoms with Crippen molar-refractivity contribution in [3.05, 3.63) is 58.8 Å². The molecule has 1 aliphatic rings. The Morgan fingerprint density at radius 3 is 2.64 bits per heavy atom. The van der Waals surface area contributed by atoms with Gasteiger partial charge in [0.05, 0.1) is 11.5 Å². The maximum atomic E-state index is 13.3. The highest BCUT2D eigenvalue weighted by atomic mass is 32.2. The van der Waals surface area contributed by atoms with E-state index in [1.165, 1.54) is 24.3 Å². The normalized spacial score (nSPS) is 14.5. The fraction of sp³-hybridized carbons (Fsp3) is 0.182. The van der Waals surface area contributed by atoms with Gasteiger partial charge in [-0.05, 0) is 60.7 Å². The minimum Gasteiger partial charge on any atom is -0.490 e. The largest absolute Gasteiger partial charge is 0.490 e. The molecule has 0 aliphatic carbocycles. The smallest absolute Gasteiger partial charge is 0.294 e. The summed E-state index contributed by atoms with van der Waals surface area (Å²) >= 11 is 0.690. The molecule has 1 saturated heterocycles. The third kappa shape index (κ3) is 6.32. The summed E-state index contributed by atoms with van der Waals surface area (Å²) in [4.78, 5) is 49.1. The highest BCUT2D eigenvalue weighted by Crippen LogP contribution is 2.34. The fourth-order valence-electron chi connectivity index (χ4n) is 2.85. The fourth-order valence-corrected chi connectivity index (χ4v) is 3.69. The SMILES string of the molecule is CCOc1cc(/C=C2/SC(=O)N(CC(=O)Nc3cccc(F)c3)C2=O)ccc1OCC(N)=O. The summed E-state index contributed by atoms with van der Waals surface area (Å²) in [5, 5.41) is 1.84. The van der Waals surface area contributed by atoms with Crippen LogP contribution in [-0.4, -0.2) is 47.6 Å². The molecule has 11 heteroatoms. The average molecular weight is 473 g/mol. The van der Waals surface area contributed by atoms with E-state index < -0.39 is 35.3 Å². The van der Waals surface area contributed by atoms with Crippen LogP contribution >= 0.6 is 11.8 Å². The van der Waals surface area contributed by atoms with Crippen LogP contribution in [0.1, 0.15) is 12.5 Å². The van der Waals surface area contributed by atoms with E-state index in [1.807, 2.05) is 0 Å². The lowest BCUT2D eigenvalue weighted by molar-refractivity contribution is -0.127. The minimum atomic E-state index is -0.642. The number of carbonyl (C=O) groups excluding carboxylic acids is 4. The van der Waals surface area contributed by atoms with Crippen molar-refractivity contribution in [2.75, 3.05) is 25.1 Å². The van der Waals surface area contributed by atoms with Crippen molar-refractivity contribution < 1.29 is 33.0 Å². The Labute approximate surface area is 192 Å². The molecule has 172 valence electrons. The standard InChI is InChI=1S/C22H20FN3O6S/c1-2-31-17-8-13(6-7-16(17)32-12-19(24)27)9-18-21(29)26(22(30)33-18)11-20(28)25-15-5-3-4-14(23)10-15/h3-10H,2,11-12H2,1H3,(H2,24,27)(H,25,28)/b18-9+. The zero-order valence-electron chi connectivity index (χ0n) is 17.5. The number of amides is 4. The molecule has 3 rings (SSSR count). The molecule has 0 spiro atoms. The highest BCUT2D eigenvalue weighted by Gasteiger charge is 2.36. The maximum Gasteiger partial charge on any atom is 0.294 e. The Hall–Kier alpha value is -3.86. The van der Waals surface area contributed by atoms with E-state index in [0.717, 1.165) is 11.0 Å². The van der Waals surface area contributed by atoms with Crippen LogP contribution in [0.5, 0.6) is 11.5 Å². The quantitative estimate of drug-likeness (QED) is 0.536. The van der Waals surface area contributed by atoms with Gasteiger partial charge < -0.3 is 20.5 Å². The van der Waals surface area contributed by atoms with E-state index in [4.69, 9.17) is 15.2 Å². The van der Waals surface area contributed by atoms with E-state index in [9.17, 15) is 23.6 Å². The van der Waals surface area contributed by atoms with Crippen molar-refractivity contribution in [1.29, 1.82) is 0 Å². The van der Waals surface area contributed by atoms with Crippen molar-refractivity contribution in [3.8, 4) is 11.5 Å². The second-order valence-electron chi connectivity index (χ2n) is 6.72. The molecule has 0 bridgehead atoms. The topological polar surface area (TPSA) is 128 Å². The van der Waals surface area contributed by atoms with Crippen LogP contribution in [0.4, 0.5) is 14.9 Å². The molecule has 0 radical (unpaired) electrons. The molecule has 1 heterocycles. The number of hydrogen-bond donors (Lipinski definition) is 2. The lowest BCUT2D eigenvalue weighted by atomic mass is 10.2. The van der Waals surface area contributed by atoms with Gasteiger partial charge in [-0.15, -0.1) is 0 Å². The first-order valence-corrected chi connectivity index (χ1v) is 10.6. The minimum absolute atomic E-state index is 0.117. The predicted molar refractivity (Wildman–Crippen MR) is 120 cm³/mol. The van der Waals surface area contributed by atoms with Crippen molar-refractivity contribution in [1.82, 2.24) is 4.90 Å². The Balaban J connectivity index is 1.72. The van der Waals surface area contributed by atoms with Crippen LogP contribution in [0.3, 0.4) is 0 Å². The van der Waals surface area contributed by atoms with Gasteiger partial charge in [-0.3, -0.25) is 24.1 Å². The van der Waals surface area contributed by atoms with E-state index in [2.05, 4.69) is 5.32 Å². The molecule has 0 saturated carbocycles. The van der Waals surface area contributed by atoms with Crippen molar-refractivity contribution in [3.63, 3.8) is 0 Å². The molecule has 1 fully saturated rings. The zero-order valence-corrected chi connectivity index (χ0v) is 18.3. The van der Waals surface area contributed by atoms with Gasteiger partial charge in [-0.1, -0.05) is 12.1 Å². The summed E-state index contributed by atoms with van der Waals surface area (Å²) in [6.45, 7) is 1.26. The van der Waals surface area contributed by atoms with Crippen LogP contribution in [0.2, 0.25) is 0 Å². The first-order valence-electron chi connectivity index (χ1n) is 9.75. The number of benzene rings is 2. The number of ether oxygens (including phenoxy) is 2. The predicted octanol–water partition coefficient (Wildman–Crippen LogP) is 2.76. The average Bonchev–Trinajstić information content (AvgIpc) is 3.00. The molecule has 1 aliphatic heterocycles. The van der Waals surface area contributed by atoms with Gasteiger partial charge in [0.15, 0.2) is 18.1 Å². The van der Waals surface area contributed by atoms with Gasteiger partial charge in [0.2, 0.25) is 5.91 Å². The first kappa shape index (κ1) is 23.8.